The second-order valence-corrected chi connectivity index (χ2v) is 8.69. The van der Waals surface area contributed by atoms with E-state index in [1.807, 2.05) is 6.07 Å². The summed E-state index contributed by atoms with van der Waals surface area (Å²) in [6, 6.07) is 11.3. The molecule has 0 atom stereocenters. The molecule has 2 heterocycles. The fourth-order valence-corrected chi connectivity index (χ4v) is 4.23. The zero-order valence-corrected chi connectivity index (χ0v) is 20.1. The van der Waals surface area contributed by atoms with Gasteiger partial charge >= 0.3 is 6.03 Å². The van der Waals surface area contributed by atoms with E-state index in [4.69, 9.17) is 25.8 Å². The molecule has 4 rings (SSSR count). The third-order valence-electron chi connectivity index (χ3n) is 5.86. The maximum atomic E-state index is 13.4. The van der Waals surface area contributed by atoms with Crippen molar-refractivity contribution in [3.8, 4) is 11.5 Å². The van der Waals surface area contributed by atoms with Crippen LogP contribution < -0.4 is 14.8 Å². The van der Waals surface area contributed by atoms with Gasteiger partial charge in [0.15, 0.2) is 11.5 Å². The third-order valence-corrected chi connectivity index (χ3v) is 6.19. The van der Waals surface area contributed by atoms with Crippen molar-refractivity contribution < 1.29 is 23.8 Å². The van der Waals surface area contributed by atoms with Crippen molar-refractivity contribution in [2.45, 2.75) is 58.1 Å². The molecule has 9 heteroatoms. The molecule has 0 fully saturated rings. The van der Waals surface area contributed by atoms with Crippen molar-refractivity contribution in [2.24, 2.45) is 5.10 Å². The van der Waals surface area contributed by atoms with E-state index in [-0.39, 0.29) is 17.4 Å². The minimum Gasteiger partial charge on any atom is -0.454 e. The number of benzene rings is 2. The highest BCUT2D eigenvalue weighted by Crippen LogP contribution is 2.39. The normalized spacial score (nSPS) is 15.6. The molecule has 0 radical (unpaired) electrons. The Morgan fingerprint density at radius 3 is 2.47 bits per heavy atom. The number of hydrazone groups is 1. The summed E-state index contributed by atoms with van der Waals surface area (Å²) in [5.41, 5.74) is -0.123. The molecular formula is C25H28ClN3O5. The monoisotopic (exact) mass is 485 g/mol. The van der Waals surface area contributed by atoms with Crippen molar-refractivity contribution >= 4 is 29.4 Å². The standard InChI is InChI=1S/C25H28ClN3O5/c1-3-5-13-25(14-6-4-2)29(24(31)27-22(30)18-9-7-8-10-19(18)26)28-23(34-25)17-11-12-20-21(15-17)33-16-32-20/h7-12,15H,3-6,13-14,16H2,1-2H3,(H,27,30,31). The Morgan fingerprint density at radius 2 is 1.76 bits per heavy atom. The molecule has 0 saturated heterocycles. The number of rotatable bonds is 8. The summed E-state index contributed by atoms with van der Waals surface area (Å²) in [5.74, 6) is 0.937. The van der Waals surface area contributed by atoms with Crippen LogP contribution in [0.2, 0.25) is 5.02 Å². The maximum Gasteiger partial charge on any atom is 0.348 e. The molecule has 2 aromatic carbocycles. The molecule has 1 N–H and O–H groups in total. The van der Waals surface area contributed by atoms with E-state index in [0.29, 0.717) is 35.8 Å². The van der Waals surface area contributed by atoms with Gasteiger partial charge in [-0.05, 0) is 43.2 Å². The van der Waals surface area contributed by atoms with Crippen LogP contribution in [0.15, 0.2) is 47.6 Å². The summed E-state index contributed by atoms with van der Waals surface area (Å²) >= 11 is 6.14. The molecule has 0 saturated carbocycles. The molecule has 2 aliphatic rings. The number of imide groups is 1. The number of hydrogen-bond donors (Lipinski definition) is 1. The van der Waals surface area contributed by atoms with Crippen molar-refractivity contribution in [2.75, 3.05) is 6.79 Å². The SMILES string of the molecule is CCCCC1(CCCC)OC(c2ccc3c(c2)OCO3)=NN1C(=O)NC(=O)c1ccccc1Cl. The zero-order valence-electron chi connectivity index (χ0n) is 19.3. The molecule has 0 aliphatic carbocycles. The van der Waals surface area contributed by atoms with E-state index in [0.717, 1.165) is 25.7 Å². The summed E-state index contributed by atoms with van der Waals surface area (Å²) in [6.45, 7) is 4.31. The summed E-state index contributed by atoms with van der Waals surface area (Å²) in [4.78, 5) is 26.2. The molecule has 180 valence electrons. The minimum absolute atomic E-state index is 0.155. The number of carbonyl (C=O) groups is 2. The van der Waals surface area contributed by atoms with Crippen LogP contribution in [0.25, 0.3) is 0 Å². The van der Waals surface area contributed by atoms with Gasteiger partial charge in [0, 0.05) is 18.4 Å². The Balaban J connectivity index is 1.65. The lowest BCUT2D eigenvalue weighted by atomic mass is 9.98. The summed E-state index contributed by atoms with van der Waals surface area (Å²) in [7, 11) is 0. The maximum absolute atomic E-state index is 13.4. The van der Waals surface area contributed by atoms with Gasteiger partial charge in [0.1, 0.15) is 0 Å². The van der Waals surface area contributed by atoms with Crippen LogP contribution in [0.4, 0.5) is 4.79 Å². The molecule has 8 nitrogen and oxygen atoms in total. The van der Waals surface area contributed by atoms with Crippen molar-refractivity contribution in [3.63, 3.8) is 0 Å². The van der Waals surface area contributed by atoms with Crippen LogP contribution in [-0.4, -0.2) is 35.4 Å². The lowest BCUT2D eigenvalue weighted by Gasteiger charge is -2.35. The first-order valence-electron chi connectivity index (χ1n) is 11.5. The molecule has 3 amide bonds. The van der Waals surface area contributed by atoms with Gasteiger partial charge in [-0.2, -0.15) is 5.01 Å². The van der Waals surface area contributed by atoms with Gasteiger partial charge < -0.3 is 14.2 Å². The molecule has 34 heavy (non-hydrogen) atoms. The highest BCUT2D eigenvalue weighted by Gasteiger charge is 2.48. The number of carbonyl (C=O) groups excluding carboxylic acids is 2. The molecule has 0 spiro atoms. The average Bonchev–Trinajstić information content (AvgIpc) is 3.46. The van der Waals surface area contributed by atoms with Crippen LogP contribution in [-0.2, 0) is 4.74 Å². The first-order valence-corrected chi connectivity index (χ1v) is 11.9. The largest absolute Gasteiger partial charge is 0.454 e. The molecular weight excluding hydrogens is 458 g/mol. The second kappa shape index (κ2) is 10.3. The predicted octanol–water partition coefficient (Wildman–Crippen LogP) is 5.69. The van der Waals surface area contributed by atoms with Gasteiger partial charge in [-0.15, -0.1) is 5.10 Å². The smallest absolute Gasteiger partial charge is 0.348 e. The van der Waals surface area contributed by atoms with Gasteiger partial charge in [0.25, 0.3) is 5.91 Å². The number of nitrogens with one attached hydrogen (secondary N) is 1. The highest BCUT2D eigenvalue weighted by atomic mass is 35.5. The van der Waals surface area contributed by atoms with E-state index in [1.165, 1.54) is 5.01 Å². The Kier molecular flexibility index (Phi) is 7.26. The Bertz CT molecular complexity index is 1100. The van der Waals surface area contributed by atoms with Crippen LogP contribution in [0.3, 0.4) is 0 Å². The van der Waals surface area contributed by atoms with Crippen LogP contribution in [0, 0.1) is 0 Å². The predicted molar refractivity (Wildman–Crippen MR) is 128 cm³/mol. The first kappa shape index (κ1) is 23.9. The fourth-order valence-electron chi connectivity index (χ4n) is 4.01. The van der Waals surface area contributed by atoms with Crippen molar-refractivity contribution in [1.82, 2.24) is 10.3 Å². The van der Waals surface area contributed by atoms with Gasteiger partial charge in [0.2, 0.25) is 18.4 Å². The van der Waals surface area contributed by atoms with E-state index in [1.54, 1.807) is 36.4 Å². The Labute approximate surface area is 203 Å². The number of halogens is 1. The lowest BCUT2D eigenvalue weighted by Crippen LogP contribution is -2.52. The Hall–Kier alpha value is -3.26. The lowest BCUT2D eigenvalue weighted by molar-refractivity contribution is -0.0537. The summed E-state index contributed by atoms with van der Waals surface area (Å²) in [6.07, 6.45) is 4.66. The second-order valence-electron chi connectivity index (χ2n) is 8.28. The summed E-state index contributed by atoms with van der Waals surface area (Å²) in [5, 5.41) is 8.53. The topological polar surface area (TPSA) is 89.5 Å². The van der Waals surface area contributed by atoms with E-state index in [9.17, 15) is 9.59 Å². The fraction of sp³-hybridized carbons (Fsp3) is 0.400. The summed E-state index contributed by atoms with van der Waals surface area (Å²) < 4.78 is 17.3. The molecule has 2 aliphatic heterocycles. The number of fused-ring (bicyclic) bond motifs is 1. The van der Waals surface area contributed by atoms with Crippen LogP contribution in [0.5, 0.6) is 11.5 Å². The number of nitrogens with zero attached hydrogens (tertiary/aromatic N) is 2. The number of amides is 3. The Morgan fingerprint density at radius 1 is 1.06 bits per heavy atom. The zero-order chi connectivity index (χ0) is 24.1. The molecule has 0 aromatic heterocycles. The average molecular weight is 486 g/mol. The van der Waals surface area contributed by atoms with E-state index in [2.05, 4.69) is 24.3 Å². The number of ether oxygens (including phenoxy) is 3. The first-order chi connectivity index (χ1) is 16.5. The van der Waals surface area contributed by atoms with Crippen LogP contribution >= 0.6 is 11.6 Å². The van der Waals surface area contributed by atoms with E-state index < -0.39 is 17.7 Å². The molecule has 0 bridgehead atoms. The third kappa shape index (κ3) is 4.82. The number of unbranched alkanes of at least 4 members (excludes halogenated alkanes) is 2. The van der Waals surface area contributed by atoms with Gasteiger partial charge in [-0.25, -0.2) is 4.79 Å². The van der Waals surface area contributed by atoms with Gasteiger partial charge in [-0.1, -0.05) is 50.4 Å². The van der Waals surface area contributed by atoms with Crippen LogP contribution in [0.1, 0.15) is 68.3 Å². The minimum atomic E-state index is -0.997. The number of urea groups is 1. The van der Waals surface area contributed by atoms with Gasteiger partial charge in [-0.3, -0.25) is 10.1 Å². The molecule has 2 aromatic rings. The molecule has 0 unspecified atom stereocenters. The van der Waals surface area contributed by atoms with E-state index >= 15 is 0 Å². The van der Waals surface area contributed by atoms with Crippen molar-refractivity contribution in [1.29, 1.82) is 0 Å². The van der Waals surface area contributed by atoms with Gasteiger partial charge in [0.05, 0.1) is 10.6 Å². The van der Waals surface area contributed by atoms with Crippen molar-refractivity contribution in [3.05, 3.63) is 58.6 Å². The number of hydrogen-bond acceptors (Lipinski definition) is 6. The quantitative estimate of drug-likeness (QED) is 0.518. The highest BCUT2D eigenvalue weighted by molar-refractivity contribution is 6.34.